The van der Waals surface area contributed by atoms with E-state index < -0.39 is 0 Å². The van der Waals surface area contributed by atoms with Crippen molar-refractivity contribution in [2.45, 2.75) is 6.92 Å². The Morgan fingerprint density at radius 1 is 0.958 bits per heavy atom. The van der Waals surface area contributed by atoms with Crippen molar-refractivity contribution in [2.24, 2.45) is 0 Å². The molecule has 0 bridgehead atoms. The van der Waals surface area contributed by atoms with Crippen LogP contribution in [0.4, 0.5) is 16.3 Å². The van der Waals surface area contributed by atoms with E-state index in [4.69, 9.17) is 0 Å². The van der Waals surface area contributed by atoms with Crippen LogP contribution in [-0.2, 0) is 0 Å². The third kappa shape index (κ3) is 4.19. The molecule has 3 N–H and O–H groups in total. The molecule has 0 fully saturated rings. The highest BCUT2D eigenvalue weighted by molar-refractivity contribution is 5.93. The van der Waals surface area contributed by atoms with Crippen LogP contribution in [0, 0.1) is 6.92 Å². The average Bonchev–Trinajstić information content (AvgIpc) is 2.60. The summed E-state index contributed by atoms with van der Waals surface area (Å²) >= 11 is 0. The zero-order valence-electron chi connectivity index (χ0n) is 13.4. The molecule has 24 heavy (non-hydrogen) atoms. The number of fused-ring (bicyclic) bond motifs is 1. The maximum absolute atomic E-state index is 11.9. The number of nitrogens with one attached hydrogen (secondary N) is 3. The predicted octanol–water partition coefficient (Wildman–Crippen LogP) is 3.17. The number of carbonyl (C=O) groups excluding carboxylic acids is 1. The van der Waals surface area contributed by atoms with Crippen LogP contribution in [0.2, 0.25) is 0 Å². The van der Waals surface area contributed by atoms with Gasteiger partial charge in [0.25, 0.3) is 0 Å². The standard InChI is InChI=1S/C18H19N5O/c1-13-6-9-17(23-22-13)19-10-11-20-18(24)21-16-8-7-14-4-2-3-5-15(14)12-16/h2-9,12H,10-11H2,1H3,(H,19,23)(H2,20,21,24). The summed E-state index contributed by atoms with van der Waals surface area (Å²) in [7, 11) is 0. The van der Waals surface area contributed by atoms with Crippen LogP contribution in [0.25, 0.3) is 10.8 Å². The van der Waals surface area contributed by atoms with Crippen LogP contribution in [-0.4, -0.2) is 29.3 Å². The van der Waals surface area contributed by atoms with E-state index in [0.717, 1.165) is 22.2 Å². The number of anilines is 2. The number of hydrogen-bond donors (Lipinski definition) is 3. The van der Waals surface area contributed by atoms with E-state index in [-0.39, 0.29) is 6.03 Å². The molecule has 0 atom stereocenters. The Bertz CT molecular complexity index is 832. The number of nitrogens with zero attached hydrogens (tertiary/aromatic N) is 2. The quantitative estimate of drug-likeness (QED) is 0.631. The molecule has 3 aromatic rings. The van der Waals surface area contributed by atoms with Gasteiger partial charge in [0.2, 0.25) is 0 Å². The number of urea groups is 1. The molecule has 0 aliphatic carbocycles. The lowest BCUT2D eigenvalue weighted by Crippen LogP contribution is -2.32. The molecule has 6 heteroatoms. The van der Waals surface area contributed by atoms with Crippen molar-refractivity contribution in [2.75, 3.05) is 23.7 Å². The number of amides is 2. The van der Waals surface area contributed by atoms with E-state index in [0.29, 0.717) is 18.9 Å². The second kappa shape index (κ2) is 7.41. The largest absolute Gasteiger partial charge is 0.367 e. The molecule has 2 aromatic carbocycles. The van der Waals surface area contributed by atoms with E-state index in [1.165, 1.54) is 0 Å². The zero-order valence-corrected chi connectivity index (χ0v) is 13.4. The number of rotatable bonds is 5. The Morgan fingerprint density at radius 2 is 1.79 bits per heavy atom. The molecule has 0 aliphatic heterocycles. The zero-order chi connectivity index (χ0) is 16.8. The lowest BCUT2D eigenvalue weighted by atomic mass is 10.1. The molecule has 0 radical (unpaired) electrons. The Morgan fingerprint density at radius 3 is 2.58 bits per heavy atom. The molecule has 0 saturated heterocycles. The summed E-state index contributed by atoms with van der Waals surface area (Å²) in [6.07, 6.45) is 0. The van der Waals surface area contributed by atoms with E-state index in [9.17, 15) is 4.79 Å². The predicted molar refractivity (Wildman–Crippen MR) is 96.2 cm³/mol. The van der Waals surface area contributed by atoms with Crippen LogP contribution in [0.3, 0.4) is 0 Å². The van der Waals surface area contributed by atoms with Gasteiger partial charge in [0.15, 0.2) is 0 Å². The number of benzene rings is 2. The topological polar surface area (TPSA) is 78.9 Å². The lowest BCUT2D eigenvalue weighted by Gasteiger charge is -2.09. The highest BCUT2D eigenvalue weighted by atomic mass is 16.2. The average molecular weight is 321 g/mol. The molecule has 6 nitrogen and oxygen atoms in total. The fourth-order valence-corrected chi connectivity index (χ4v) is 2.30. The minimum absolute atomic E-state index is 0.234. The van der Waals surface area contributed by atoms with Crippen LogP contribution in [0.1, 0.15) is 5.69 Å². The summed E-state index contributed by atoms with van der Waals surface area (Å²) in [6.45, 7) is 2.94. The van der Waals surface area contributed by atoms with Crippen molar-refractivity contribution in [3.05, 3.63) is 60.3 Å². The molecule has 1 heterocycles. The van der Waals surface area contributed by atoms with Crippen molar-refractivity contribution in [3.8, 4) is 0 Å². The molecule has 0 aliphatic rings. The fourth-order valence-electron chi connectivity index (χ4n) is 2.30. The van der Waals surface area contributed by atoms with Gasteiger partial charge in [0.05, 0.1) is 5.69 Å². The Hall–Kier alpha value is -3.15. The first-order chi connectivity index (χ1) is 11.7. The van der Waals surface area contributed by atoms with Gasteiger partial charge in [0, 0.05) is 18.8 Å². The van der Waals surface area contributed by atoms with Gasteiger partial charge in [-0.1, -0.05) is 30.3 Å². The van der Waals surface area contributed by atoms with E-state index in [2.05, 4.69) is 26.1 Å². The van der Waals surface area contributed by atoms with Crippen LogP contribution in [0.5, 0.6) is 0 Å². The first-order valence-corrected chi connectivity index (χ1v) is 7.78. The van der Waals surface area contributed by atoms with Gasteiger partial charge in [-0.05, 0) is 42.0 Å². The molecule has 0 saturated carbocycles. The first-order valence-electron chi connectivity index (χ1n) is 7.78. The maximum Gasteiger partial charge on any atom is 0.319 e. The summed E-state index contributed by atoms with van der Waals surface area (Å²) in [4.78, 5) is 11.9. The molecular weight excluding hydrogens is 302 g/mol. The van der Waals surface area contributed by atoms with Crippen molar-refractivity contribution in [1.82, 2.24) is 15.5 Å². The van der Waals surface area contributed by atoms with Gasteiger partial charge >= 0.3 is 6.03 Å². The third-order valence-corrected chi connectivity index (χ3v) is 3.52. The SMILES string of the molecule is Cc1ccc(NCCNC(=O)Nc2ccc3ccccc3c2)nn1. The van der Waals surface area contributed by atoms with Crippen LogP contribution in [0.15, 0.2) is 54.6 Å². The number of aromatic nitrogens is 2. The van der Waals surface area contributed by atoms with Gasteiger partial charge in [0.1, 0.15) is 5.82 Å². The first kappa shape index (κ1) is 15.7. The van der Waals surface area contributed by atoms with Crippen LogP contribution < -0.4 is 16.0 Å². The third-order valence-electron chi connectivity index (χ3n) is 3.52. The van der Waals surface area contributed by atoms with Gasteiger partial charge in [-0.25, -0.2) is 4.79 Å². The van der Waals surface area contributed by atoms with Gasteiger partial charge < -0.3 is 16.0 Å². The van der Waals surface area contributed by atoms with E-state index in [1.807, 2.05) is 61.5 Å². The van der Waals surface area contributed by atoms with Crippen molar-refractivity contribution < 1.29 is 4.79 Å². The summed E-state index contributed by atoms with van der Waals surface area (Å²) in [5, 5.41) is 18.9. The number of hydrogen-bond acceptors (Lipinski definition) is 4. The smallest absolute Gasteiger partial charge is 0.319 e. The van der Waals surface area contributed by atoms with E-state index >= 15 is 0 Å². The normalized spacial score (nSPS) is 10.4. The molecule has 122 valence electrons. The van der Waals surface area contributed by atoms with Crippen molar-refractivity contribution in [3.63, 3.8) is 0 Å². The molecule has 0 unspecified atom stereocenters. The second-order valence-electron chi connectivity index (χ2n) is 5.43. The highest BCUT2D eigenvalue weighted by Crippen LogP contribution is 2.18. The summed E-state index contributed by atoms with van der Waals surface area (Å²) in [5.41, 5.74) is 1.64. The van der Waals surface area contributed by atoms with Crippen molar-refractivity contribution in [1.29, 1.82) is 0 Å². The summed E-state index contributed by atoms with van der Waals surface area (Å²) < 4.78 is 0. The number of aryl methyl sites for hydroxylation is 1. The molecule has 0 spiro atoms. The molecule has 1 aromatic heterocycles. The maximum atomic E-state index is 11.9. The fraction of sp³-hybridized carbons (Fsp3) is 0.167. The van der Waals surface area contributed by atoms with Gasteiger partial charge in [-0.3, -0.25) is 0 Å². The van der Waals surface area contributed by atoms with E-state index in [1.54, 1.807) is 0 Å². The Kier molecular flexibility index (Phi) is 4.86. The second-order valence-corrected chi connectivity index (χ2v) is 5.43. The lowest BCUT2D eigenvalue weighted by molar-refractivity contribution is 0.252. The number of carbonyl (C=O) groups is 1. The Labute approximate surface area is 140 Å². The van der Waals surface area contributed by atoms with Gasteiger partial charge in [-0.15, -0.1) is 5.10 Å². The molecule has 3 rings (SSSR count). The summed E-state index contributed by atoms with van der Waals surface area (Å²) in [6, 6.07) is 17.4. The minimum atomic E-state index is -0.234. The minimum Gasteiger partial charge on any atom is -0.367 e. The molecule has 2 amide bonds. The Balaban J connectivity index is 1.45. The van der Waals surface area contributed by atoms with Crippen LogP contribution >= 0.6 is 0 Å². The monoisotopic (exact) mass is 321 g/mol. The summed E-state index contributed by atoms with van der Waals surface area (Å²) in [5.74, 6) is 0.692. The van der Waals surface area contributed by atoms with Gasteiger partial charge in [-0.2, -0.15) is 5.10 Å². The van der Waals surface area contributed by atoms with Crippen molar-refractivity contribution >= 4 is 28.3 Å². The molecular formula is C18H19N5O. The highest BCUT2D eigenvalue weighted by Gasteiger charge is 2.02.